The summed E-state index contributed by atoms with van der Waals surface area (Å²) in [7, 11) is -4.03. The van der Waals surface area contributed by atoms with E-state index < -0.39 is 16.2 Å². The molecule has 0 spiro atoms. The van der Waals surface area contributed by atoms with Crippen LogP contribution in [0.1, 0.15) is 45.7 Å². The lowest BCUT2D eigenvalue weighted by molar-refractivity contribution is 0.0967. The zero-order valence-corrected chi connectivity index (χ0v) is 29.8. The number of anilines is 3. The van der Waals surface area contributed by atoms with Crippen LogP contribution in [-0.4, -0.2) is 20.9 Å². The third kappa shape index (κ3) is 7.50. The van der Waals surface area contributed by atoms with E-state index >= 15 is 0 Å². The fraction of sp³-hybridized carbons (Fsp3) is 0.140. The van der Waals surface area contributed by atoms with E-state index in [-0.39, 0.29) is 16.4 Å². The maximum atomic E-state index is 14.9. The average molecular weight is 710 g/mol. The van der Waals surface area contributed by atoms with Crippen molar-refractivity contribution in [3.05, 3.63) is 179 Å². The molecule has 0 aliphatic carbocycles. The molecule has 0 saturated carbocycles. The van der Waals surface area contributed by atoms with Gasteiger partial charge in [0.25, 0.3) is 15.9 Å². The lowest BCUT2D eigenvalue weighted by atomic mass is 9.99. The van der Waals surface area contributed by atoms with Gasteiger partial charge in [0.1, 0.15) is 24.3 Å². The van der Waals surface area contributed by atoms with Crippen molar-refractivity contribution >= 4 is 33.0 Å². The average Bonchev–Trinajstić information content (AvgIpc) is 3.17. The van der Waals surface area contributed by atoms with Crippen LogP contribution in [-0.2, 0) is 23.2 Å². The number of carbonyl (C=O) groups excluding carboxylic acids is 1. The molecule has 0 radical (unpaired) electrons. The molecule has 1 amide bonds. The molecule has 0 aromatic heterocycles. The van der Waals surface area contributed by atoms with Crippen LogP contribution in [0.5, 0.6) is 11.5 Å². The molecule has 1 heterocycles. The molecule has 0 unspecified atom stereocenters. The van der Waals surface area contributed by atoms with Crippen LogP contribution in [0.2, 0.25) is 0 Å². The van der Waals surface area contributed by atoms with E-state index in [1.165, 1.54) is 6.07 Å². The molecule has 8 nitrogen and oxygen atoms in total. The van der Waals surface area contributed by atoms with E-state index in [4.69, 9.17) is 9.47 Å². The van der Waals surface area contributed by atoms with E-state index in [0.717, 1.165) is 22.3 Å². The van der Waals surface area contributed by atoms with Gasteiger partial charge < -0.3 is 14.4 Å². The summed E-state index contributed by atoms with van der Waals surface area (Å²) >= 11 is 0. The second-order valence-corrected chi connectivity index (χ2v) is 14.3. The highest BCUT2D eigenvalue weighted by atomic mass is 32.2. The second kappa shape index (κ2) is 15.0. The van der Waals surface area contributed by atoms with E-state index in [0.29, 0.717) is 48.3 Å². The number of aryl methyl sites for hydroxylation is 1. The summed E-state index contributed by atoms with van der Waals surface area (Å²) in [5.74, 6) is 1.01. The predicted octanol–water partition coefficient (Wildman–Crippen LogP) is 9.14. The van der Waals surface area contributed by atoms with Crippen LogP contribution >= 0.6 is 0 Å². The standard InChI is InChI=1S/C43H39N3O5S/c1-3-50-37-23-21-36(22-24-37)46-42(34-15-10-16-38(27-34)51-30-33-13-8-5-9-14-33)45(29-32-11-6-4-7-12-32)41-26-25-39(28-40(41)43(46)47)52(48,49)44-35-19-17-31(2)18-20-35/h4-28,42,44H,3,29-30H2,1-2H3/t42-/m0/s1. The maximum Gasteiger partial charge on any atom is 0.262 e. The summed E-state index contributed by atoms with van der Waals surface area (Å²) in [6.07, 6.45) is -0.619. The van der Waals surface area contributed by atoms with Gasteiger partial charge in [-0.1, -0.05) is 90.5 Å². The number of hydrogen-bond acceptors (Lipinski definition) is 6. The Kier molecular flexibility index (Phi) is 9.95. The van der Waals surface area contributed by atoms with Crippen LogP contribution in [0.25, 0.3) is 0 Å². The van der Waals surface area contributed by atoms with Gasteiger partial charge in [0, 0.05) is 17.9 Å². The summed E-state index contributed by atoms with van der Waals surface area (Å²) in [4.78, 5) is 18.8. The Labute approximate surface area is 304 Å². The van der Waals surface area contributed by atoms with Crippen molar-refractivity contribution in [1.82, 2.24) is 0 Å². The summed E-state index contributed by atoms with van der Waals surface area (Å²) in [6, 6.07) is 47.0. The molecule has 1 aliphatic rings. The molecule has 6 aromatic carbocycles. The highest BCUT2D eigenvalue weighted by molar-refractivity contribution is 7.92. The van der Waals surface area contributed by atoms with Gasteiger partial charge in [-0.25, -0.2) is 8.42 Å². The van der Waals surface area contributed by atoms with Gasteiger partial charge in [-0.2, -0.15) is 0 Å². The molecular weight excluding hydrogens is 671 g/mol. The first kappa shape index (κ1) is 34.4. The topological polar surface area (TPSA) is 88.2 Å². The van der Waals surface area contributed by atoms with Crippen LogP contribution < -0.4 is 24.0 Å². The van der Waals surface area contributed by atoms with Gasteiger partial charge in [0.15, 0.2) is 0 Å². The Morgan fingerprint density at radius 2 is 1.38 bits per heavy atom. The van der Waals surface area contributed by atoms with Crippen LogP contribution in [0.4, 0.5) is 17.1 Å². The summed E-state index contributed by atoms with van der Waals surface area (Å²) in [5, 5.41) is 0. The van der Waals surface area contributed by atoms with Crippen molar-refractivity contribution in [3.8, 4) is 11.5 Å². The Bertz CT molecular complexity index is 2260. The summed E-state index contributed by atoms with van der Waals surface area (Å²) in [6.45, 7) is 5.18. The van der Waals surface area contributed by atoms with Gasteiger partial charge in [-0.3, -0.25) is 14.4 Å². The molecular formula is C43H39N3O5S. The van der Waals surface area contributed by atoms with Crippen molar-refractivity contribution in [1.29, 1.82) is 0 Å². The second-order valence-electron chi connectivity index (χ2n) is 12.6. The Hall–Kier alpha value is -6.06. The van der Waals surface area contributed by atoms with Crippen molar-refractivity contribution in [2.75, 3.05) is 21.1 Å². The molecule has 262 valence electrons. The molecule has 52 heavy (non-hydrogen) atoms. The minimum absolute atomic E-state index is 0.0127. The molecule has 0 fully saturated rings. The normalized spacial score (nSPS) is 14.1. The Morgan fingerprint density at radius 1 is 0.692 bits per heavy atom. The van der Waals surface area contributed by atoms with Gasteiger partial charge in [-0.15, -0.1) is 0 Å². The van der Waals surface area contributed by atoms with E-state index in [2.05, 4.69) is 9.62 Å². The van der Waals surface area contributed by atoms with Crippen LogP contribution in [0.3, 0.4) is 0 Å². The summed E-state index contributed by atoms with van der Waals surface area (Å²) < 4.78 is 42.1. The van der Waals surface area contributed by atoms with Crippen LogP contribution in [0, 0.1) is 6.92 Å². The van der Waals surface area contributed by atoms with E-state index in [9.17, 15) is 13.2 Å². The fourth-order valence-electron chi connectivity index (χ4n) is 6.37. The molecule has 0 bridgehead atoms. The van der Waals surface area contributed by atoms with Gasteiger partial charge in [-0.05, 0) is 97.3 Å². The molecule has 1 atom stereocenters. The number of carbonyl (C=O) groups is 1. The highest BCUT2D eigenvalue weighted by Gasteiger charge is 2.40. The van der Waals surface area contributed by atoms with Crippen molar-refractivity contribution in [3.63, 3.8) is 0 Å². The Morgan fingerprint density at radius 3 is 2.08 bits per heavy atom. The number of nitrogens with one attached hydrogen (secondary N) is 1. The number of nitrogens with zero attached hydrogens (tertiary/aromatic N) is 2. The SMILES string of the molecule is CCOc1ccc(N2C(=O)c3cc(S(=O)(=O)Nc4ccc(C)cc4)ccc3N(Cc3ccccc3)[C@@H]2c2cccc(OCc3ccccc3)c2)cc1. The zero-order chi connectivity index (χ0) is 36.1. The number of rotatable bonds is 12. The first-order valence-electron chi connectivity index (χ1n) is 17.2. The largest absolute Gasteiger partial charge is 0.494 e. The maximum absolute atomic E-state index is 14.9. The lowest BCUT2D eigenvalue weighted by Crippen LogP contribution is -2.49. The quantitative estimate of drug-likeness (QED) is 0.136. The number of benzene rings is 6. The first-order valence-corrected chi connectivity index (χ1v) is 18.6. The van der Waals surface area contributed by atoms with Gasteiger partial charge in [0.05, 0.1) is 22.8 Å². The first-order chi connectivity index (χ1) is 25.3. The molecule has 7 rings (SSSR count). The van der Waals surface area contributed by atoms with E-state index in [1.54, 1.807) is 29.2 Å². The Balaban J connectivity index is 1.35. The number of hydrogen-bond donors (Lipinski definition) is 1. The van der Waals surface area contributed by atoms with Gasteiger partial charge in [0.2, 0.25) is 0 Å². The molecule has 1 N–H and O–H groups in total. The molecule has 9 heteroatoms. The van der Waals surface area contributed by atoms with Crippen molar-refractivity contribution in [2.45, 2.75) is 38.1 Å². The predicted molar refractivity (Wildman–Crippen MR) is 205 cm³/mol. The van der Waals surface area contributed by atoms with Crippen molar-refractivity contribution in [2.24, 2.45) is 0 Å². The van der Waals surface area contributed by atoms with Crippen LogP contribution in [0.15, 0.2) is 157 Å². The third-order valence-corrected chi connectivity index (χ3v) is 10.3. The fourth-order valence-corrected chi connectivity index (χ4v) is 7.45. The zero-order valence-electron chi connectivity index (χ0n) is 29.0. The molecule has 1 aliphatic heterocycles. The smallest absolute Gasteiger partial charge is 0.262 e. The van der Waals surface area contributed by atoms with E-state index in [1.807, 2.05) is 135 Å². The monoisotopic (exact) mass is 709 g/mol. The number of sulfonamides is 1. The highest BCUT2D eigenvalue weighted by Crippen LogP contribution is 2.44. The number of ether oxygens (including phenoxy) is 2. The number of fused-ring (bicyclic) bond motifs is 1. The molecule has 6 aromatic rings. The molecule has 0 saturated heterocycles. The summed E-state index contributed by atoms with van der Waals surface area (Å²) in [5.41, 5.74) is 5.85. The van der Waals surface area contributed by atoms with Gasteiger partial charge >= 0.3 is 0 Å². The van der Waals surface area contributed by atoms with Crippen molar-refractivity contribution < 1.29 is 22.7 Å². The third-order valence-electron chi connectivity index (χ3n) is 8.91. The minimum atomic E-state index is -4.03. The lowest BCUT2D eigenvalue weighted by Gasteiger charge is -2.46. The number of amides is 1. The minimum Gasteiger partial charge on any atom is -0.494 e.